The number of thiophene rings is 1. The van der Waals surface area contributed by atoms with E-state index in [1.165, 1.54) is 17.4 Å². The van der Waals surface area contributed by atoms with E-state index in [1.54, 1.807) is 6.08 Å². The first-order chi connectivity index (χ1) is 12.1. The molecule has 0 saturated carbocycles. The third kappa shape index (κ3) is 4.58. The highest BCUT2D eigenvalue weighted by atomic mass is 32.1. The Morgan fingerprint density at radius 1 is 1.32 bits per heavy atom. The van der Waals surface area contributed by atoms with Gasteiger partial charge in [0.05, 0.1) is 6.04 Å². The molecule has 1 N–H and O–H groups in total. The first-order valence-corrected chi connectivity index (χ1v) is 8.71. The molecule has 0 radical (unpaired) electrons. The van der Waals surface area contributed by atoms with Crippen LogP contribution in [0.3, 0.4) is 0 Å². The van der Waals surface area contributed by atoms with Crippen LogP contribution >= 0.6 is 11.3 Å². The van der Waals surface area contributed by atoms with E-state index in [-0.39, 0.29) is 18.6 Å². The van der Waals surface area contributed by atoms with E-state index in [2.05, 4.69) is 5.32 Å². The zero-order chi connectivity index (χ0) is 17.6. The molecule has 5 nitrogen and oxygen atoms in total. The van der Waals surface area contributed by atoms with Gasteiger partial charge in [0.25, 0.3) is 5.91 Å². The molecule has 0 saturated heterocycles. The zero-order valence-electron chi connectivity index (χ0n) is 13.6. The number of benzene rings is 1. The molecule has 0 bridgehead atoms. The van der Waals surface area contributed by atoms with Crippen LogP contribution in [0, 0.1) is 0 Å². The predicted octanol–water partition coefficient (Wildman–Crippen LogP) is 3.93. The second kappa shape index (κ2) is 7.81. The summed E-state index contributed by atoms with van der Waals surface area (Å²) in [4.78, 5) is 23.5. The van der Waals surface area contributed by atoms with Gasteiger partial charge in [-0.2, -0.15) is 11.3 Å². The Hall–Kier alpha value is -2.86. The number of hydrogen-bond acceptors (Lipinski definition) is 5. The smallest absolute Gasteiger partial charge is 0.331 e. The molecule has 0 fully saturated rings. The molecule has 2 heterocycles. The van der Waals surface area contributed by atoms with E-state index in [4.69, 9.17) is 9.15 Å². The summed E-state index contributed by atoms with van der Waals surface area (Å²) in [5, 5.41) is 7.55. The van der Waals surface area contributed by atoms with Crippen molar-refractivity contribution in [2.75, 3.05) is 6.61 Å². The number of ether oxygens (including phenoxy) is 1. The second-order valence-corrected chi connectivity index (χ2v) is 6.25. The van der Waals surface area contributed by atoms with Crippen LogP contribution in [0.1, 0.15) is 24.3 Å². The average molecular weight is 355 g/mol. The summed E-state index contributed by atoms with van der Waals surface area (Å²) in [6.45, 7) is 1.48. The molecule has 0 aliphatic rings. The topological polar surface area (TPSA) is 68.5 Å². The molecule has 128 valence electrons. The van der Waals surface area contributed by atoms with Gasteiger partial charge < -0.3 is 14.5 Å². The molecular formula is C19H17NO4S. The normalized spacial score (nSPS) is 12.4. The number of carbonyl (C=O) groups excluding carboxylic acids is 2. The second-order valence-electron chi connectivity index (χ2n) is 5.47. The Bertz CT molecular complexity index is 862. The maximum Gasteiger partial charge on any atom is 0.331 e. The van der Waals surface area contributed by atoms with Gasteiger partial charge in [0, 0.05) is 11.5 Å². The summed E-state index contributed by atoms with van der Waals surface area (Å²) in [5.74, 6) is -0.291. The molecule has 1 amide bonds. The fourth-order valence-electron chi connectivity index (χ4n) is 2.29. The summed E-state index contributed by atoms with van der Waals surface area (Å²) in [5.41, 5.74) is 1.69. The van der Waals surface area contributed by atoms with Crippen molar-refractivity contribution in [2.24, 2.45) is 0 Å². The summed E-state index contributed by atoms with van der Waals surface area (Å²) in [7, 11) is 0. The van der Waals surface area contributed by atoms with Gasteiger partial charge in [-0.05, 0) is 47.5 Å². The maximum absolute atomic E-state index is 11.9. The summed E-state index contributed by atoms with van der Waals surface area (Å²) < 4.78 is 10.6. The molecule has 0 unspecified atom stereocenters. The summed E-state index contributed by atoms with van der Waals surface area (Å²) in [6, 6.07) is 11.1. The van der Waals surface area contributed by atoms with Crippen molar-refractivity contribution in [1.29, 1.82) is 0 Å². The van der Waals surface area contributed by atoms with E-state index >= 15 is 0 Å². The number of amides is 1. The third-order valence-electron chi connectivity index (χ3n) is 3.55. The average Bonchev–Trinajstić information content (AvgIpc) is 3.27. The molecule has 1 aromatic carbocycles. The lowest BCUT2D eigenvalue weighted by atomic mass is 10.2. The van der Waals surface area contributed by atoms with Crippen LogP contribution < -0.4 is 5.32 Å². The standard InChI is InChI=1S/C19H17NO4S/c1-13(17-10-15-4-2-3-5-16(15)24-17)20-18(21)11-23-19(22)7-6-14-8-9-25-12-14/h2-10,12-13H,11H2,1H3,(H,20,21)/b7-6+/t13-/m1/s1. The number of furan rings is 1. The Morgan fingerprint density at radius 3 is 2.92 bits per heavy atom. The van der Waals surface area contributed by atoms with Gasteiger partial charge in [-0.25, -0.2) is 4.79 Å². The van der Waals surface area contributed by atoms with Crippen molar-refractivity contribution in [3.63, 3.8) is 0 Å². The van der Waals surface area contributed by atoms with E-state index in [1.807, 2.05) is 54.1 Å². The molecule has 0 spiro atoms. The molecule has 25 heavy (non-hydrogen) atoms. The number of para-hydroxylation sites is 1. The minimum atomic E-state index is -0.558. The highest BCUT2D eigenvalue weighted by Crippen LogP contribution is 2.23. The number of nitrogens with one attached hydrogen (secondary N) is 1. The van der Waals surface area contributed by atoms with Gasteiger partial charge in [0.1, 0.15) is 11.3 Å². The van der Waals surface area contributed by atoms with Crippen molar-refractivity contribution in [1.82, 2.24) is 5.32 Å². The number of rotatable bonds is 6. The van der Waals surface area contributed by atoms with Crippen LogP contribution in [-0.2, 0) is 14.3 Å². The van der Waals surface area contributed by atoms with E-state index in [9.17, 15) is 9.59 Å². The number of esters is 1. The molecular weight excluding hydrogens is 338 g/mol. The lowest BCUT2D eigenvalue weighted by Crippen LogP contribution is -2.30. The van der Waals surface area contributed by atoms with Gasteiger partial charge >= 0.3 is 5.97 Å². The van der Waals surface area contributed by atoms with Crippen molar-refractivity contribution >= 4 is 40.3 Å². The first kappa shape index (κ1) is 17.0. The molecule has 1 atom stereocenters. The largest absolute Gasteiger partial charge is 0.459 e. The highest BCUT2D eigenvalue weighted by Gasteiger charge is 2.15. The molecule has 2 aromatic heterocycles. The summed E-state index contributed by atoms with van der Waals surface area (Å²) in [6.07, 6.45) is 2.95. The zero-order valence-corrected chi connectivity index (χ0v) is 14.4. The minimum absolute atomic E-state index is 0.319. The Labute approximate surface area is 148 Å². The number of carbonyl (C=O) groups is 2. The van der Waals surface area contributed by atoms with Crippen LogP contribution in [0.2, 0.25) is 0 Å². The lowest BCUT2D eigenvalue weighted by molar-refractivity contribution is -0.144. The van der Waals surface area contributed by atoms with Crippen LogP contribution in [0.5, 0.6) is 0 Å². The van der Waals surface area contributed by atoms with Gasteiger partial charge in [0.2, 0.25) is 0 Å². The Kier molecular flexibility index (Phi) is 5.30. The van der Waals surface area contributed by atoms with Crippen LogP contribution in [0.15, 0.2) is 57.7 Å². The molecule has 6 heteroatoms. The van der Waals surface area contributed by atoms with Gasteiger partial charge in [-0.3, -0.25) is 4.79 Å². The Morgan fingerprint density at radius 2 is 2.16 bits per heavy atom. The molecule has 3 rings (SSSR count). The SMILES string of the molecule is C[C@@H](NC(=O)COC(=O)/C=C/c1ccsc1)c1cc2ccccc2o1. The number of hydrogen-bond donors (Lipinski definition) is 1. The predicted molar refractivity (Wildman–Crippen MR) is 97.1 cm³/mol. The minimum Gasteiger partial charge on any atom is -0.459 e. The quantitative estimate of drug-likeness (QED) is 0.537. The highest BCUT2D eigenvalue weighted by molar-refractivity contribution is 7.08. The monoisotopic (exact) mass is 355 g/mol. The molecule has 0 aliphatic carbocycles. The van der Waals surface area contributed by atoms with E-state index in [0.717, 1.165) is 16.5 Å². The first-order valence-electron chi connectivity index (χ1n) is 7.77. The van der Waals surface area contributed by atoms with Crippen LogP contribution in [-0.4, -0.2) is 18.5 Å². The van der Waals surface area contributed by atoms with Gasteiger partial charge in [-0.15, -0.1) is 0 Å². The fraction of sp³-hybridized carbons (Fsp3) is 0.158. The van der Waals surface area contributed by atoms with Gasteiger partial charge in [0.15, 0.2) is 6.61 Å². The molecule has 3 aromatic rings. The van der Waals surface area contributed by atoms with Crippen molar-refractivity contribution in [3.05, 3.63) is 64.6 Å². The molecule has 0 aliphatic heterocycles. The van der Waals surface area contributed by atoms with Crippen LogP contribution in [0.4, 0.5) is 0 Å². The van der Waals surface area contributed by atoms with Crippen molar-refractivity contribution in [3.8, 4) is 0 Å². The van der Waals surface area contributed by atoms with Crippen molar-refractivity contribution < 1.29 is 18.7 Å². The van der Waals surface area contributed by atoms with Crippen LogP contribution in [0.25, 0.3) is 17.0 Å². The van der Waals surface area contributed by atoms with Crippen molar-refractivity contribution in [2.45, 2.75) is 13.0 Å². The number of fused-ring (bicyclic) bond motifs is 1. The summed E-state index contributed by atoms with van der Waals surface area (Å²) >= 11 is 1.54. The van der Waals surface area contributed by atoms with Gasteiger partial charge in [-0.1, -0.05) is 18.2 Å². The van der Waals surface area contributed by atoms with E-state index < -0.39 is 5.97 Å². The third-order valence-corrected chi connectivity index (χ3v) is 4.25. The van der Waals surface area contributed by atoms with E-state index in [0.29, 0.717) is 5.76 Å². The Balaban J connectivity index is 1.49. The maximum atomic E-state index is 11.9. The lowest BCUT2D eigenvalue weighted by Gasteiger charge is -2.11. The fourth-order valence-corrected chi connectivity index (χ4v) is 2.92.